The molecular weight excluding hydrogens is 252 g/mol. The molecular formula is C14H19ClO3. The average Bonchev–Trinajstić information content (AvgIpc) is 2.28. The Hall–Kier alpha value is -1.22. The first kappa shape index (κ1) is 14.8. The molecule has 0 aliphatic carbocycles. The van der Waals surface area contributed by atoms with Gasteiger partial charge in [0.2, 0.25) is 0 Å². The highest BCUT2D eigenvalue weighted by atomic mass is 35.5. The molecule has 1 rings (SSSR count). The Kier molecular flexibility index (Phi) is 5.48. The third kappa shape index (κ3) is 4.57. The van der Waals surface area contributed by atoms with Crippen LogP contribution in [0.5, 0.6) is 5.75 Å². The second kappa shape index (κ2) is 6.64. The molecule has 0 saturated carbocycles. The highest BCUT2D eigenvalue weighted by molar-refractivity contribution is 6.31. The first-order valence-corrected chi connectivity index (χ1v) is 6.41. The van der Waals surface area contributed by atoms with Crippen LogP contribution in [0.3, 0.4) is 0 Å². The second-order valence-corrected chi connectivity index (χ2v) is 5.21. The normalized spacial score (nSPS) is 10.7. The van der Waals surface area contributed by atoms with Crippen LogP contribution < -0.4 is 4.74 Å². The fourth-order valence-electron chi connectivity index (χ4n) is 1.52. The topological polar surface area (TPSA) is 46.5 Å². The third-order valence-electron chi connectivity index (χ3n) is 2.52. The van der Waals surface area contributed by atoms with Crippen LogP contribution in [0.2, 0.25) is 5.02 Å². The van der Waals surface area contributed by atoms with Crippen LogP contribution in [-0.4, -0.2) is 17.7 Å². The van der Waals surface area contributed by atoms with Crippen molar-refractivity contribution in [3.63, 3.8) is 0 Å². The van der Waals surface area contributed by atoms with Crippen LogP contribution in [0, 0.1) is 12.8 Å². The minimum absolute atomic E-state index is 0.0808. The van der Waals surface area contributed by atoms with Gasteiger partial charge in [0.05, 0.1) is 6.61 Å². The van der Waals surface area contributed by atoms with Crippen molar-refractivity contribution in [2.24, 2.45) is 5.92 Å². The number of rotatable bonds is 6. The van der Waals surface area contributed by atoms with E-state index in [0.29, 0.717) is 24.0 Å². The number of aryl methyl sites for hydroxylation is 2. The Balaban J connectivity index is 2.89. The molecule has 0 aliphatic rings. The van der Waals surface area contributed by atoms with E-state index in [1.807, 2.05) is 13.0 Å². The van der Waals surface area contributed by atoms with Gasteiger partial charge in [-0.15, -0.1) is 0 Å². The molecule has 1 N–H and O–H groups in total. The van der Waals surface area contributed by atoms with Crippen molar-refractivity contribution in [3.05, 3.63) is 28.3 Å². The number of carboxylic acids is 1. The molecule has 3 nitrogen and oxygen atoms in total. The van der Waals surface area contributed by atoms with Crippen LogP contribution in [0.4, 0.5) is 0 Å². The Morgan fingerprint density at radius 3 is 2.67 bits per heavy atom. The molecule has 18 heavy (non-hydrogen) atoms. The van der Waals surface area contributed by atoms with Gasteiger partial charge in [-0.25, -0.2) is 0 Å². The van der Waals surface area contributed by atoms with E-state index in [4.69, 9.17) is 21.4 Å². The predicted molar refractivity (Wildman–Crippen MR) is 72.5 cm³/mol. The van der Waals surface area contributed by atoms with Crippen molar-refractivity contribution in [3.8, 4) is 5.75 Å². The molecule has 0 unspecified atom stereocenters. The SMILES string of the molecule is Cc1cc(OCC(C)C)c(CCC(=O)O)cc1Cl. The molecule has 0 heterocycles. The second-order valence-electron chi connectivity index (χ2n) is 4.81. The number of benzene rings is 1. The molecule has 0 saturated heterocycles. The maximum absolute atomic E-state index is 10.6. The molecule has 0 amide bonds. The van der Waals surface area contributed by atoms with Crippen molar-refractivity contribution in [1.82, 2.24) is 0 Å². The van der Waals surface area contributed by atoms with E-state index >= 15 is 0 Å². The van der Waals surface area contributed by atoms with Gasteiger partial charge in [0.25, 0.3) is 0 Å². The molecule has 0 bridgehead atoms. The number of carbonyl (C=O) groups is 1. The summed E-state index contributed by atoms with van der Waals surface area (Å²) in [7, 11) is 0. The Bertz CT molecular complexity index is 427. The van der Waals surface area contributed by atoms with Gasteiger partial charge in [0.15, 0.2) is 0 Å². The molecule has 0 radical (unpaired) electrons. The molecule has 1 aromatic carbocycles. The van der Waals surface area contributed by atoms with Gasteiger partial charge in [-0.2, -0.15) is 0 Å². The Morgan fingerprint density at radius 2 is 2.11 bits per heavy atom. The van der Waals surface area contributed by atoms with Crippen molar-refractivity contribution in [2.45, 2.75) is 33.6 Å². The lowest BCUT2D eigenvalue weighted by atomic mass is 10.1. The summed E-state index contributed by atoms with van der Waals surface area (Å²) in [5.41, 5.74) is 1.79. The summed E-state index contributed by atoms with van der Waals surface area (Å²) in [6, 6.07) is 3.68. The molecule has 0 atom stereocenters. The number of hydrogen-bond donors (Lipinski definition) is 1. The van der Waals surface area contributed by atoms with E-state index in [1.165, 1.54) is 0 Å². The molecule has 1 aromatic rings. The molecule has 0 fully saturated rings. The zero-order valence-electron chi connectivity index (χ0n) is 11.0. The molecule has 0 aliphatic heterocycles. The molecule has 100 valence electrons. The summed E-state index contributed by atoms with van der Waals surface area (Å²) in [6.07, 6.45) is 0.514. The van der Waals surface area contributed by atoms with E-state index in [9.17, 15) is 4.79 Å². The third-order valence-corrected chi connectivity index (χ3v) is 2.93. The lowest BCUT2D eigenvalue weighted by molar-refractivity contribution is -0.136. The maximum Gasteiger partial charge on any atom is 0.303 e. The van der Waals surface area contributed by atoms with Crippen molar-refractivity contribution in [2.75, 3.05) is 6.61 Å². The zero-order chi connectivity index (χ0) is 13.7. The predicted octanol–water partition coefficient (Wildman–Crippen LogP) is 3.70. The smallest absolute Gasteiger partial charge is 0.303 e. The Labute approximate surface area is 113 Å². The van der Waals surface area contributed by atoms with Crippen LogP contribution in [0.25, 0.3) is 0 Å². The minimum atomic E-state index is -0.818. The van der Waals surface area contributed by atoms with Gasteiger partial charge >= 0.3 is 5.97 Å². The van der Waals surface area contributed by atoms with E-state index in [2.05, 4.69) is 13.8 Å². The first-order chi connectivity index (χ1) is 8.40. The highest BCUT2D eigenvalue weighted by Gasteiger charge is 2.10. The standard InChI is InChI=1S/C14H19ClO3/c1-9(2)8-18-13-6-10(3)12(15)7-11(13)4-5-14(16)17/h6-7,9H,4-5,8H2,1-3H3,(H,16,17). The summed E-state index contributed by atoms with van der Waals surface area (Å²) < 4.78 is 5.72. The number of carboxylic acid groups (broad SMARTS) is 1. The number of ether oxygens (including phenoxy) is 1. The molecule has 0 spiro atoms. The zero-order valence-corrected chi connectivity index (χ0v) is 11.8. The average molecular weight is 271 g/mol. The largest absolute Gasteiger partial charge is 0.493 e. The van der Waals surface area contributed by atoms with E-state index in [1.54, 1.807) is 6.07 Å². The van der Waals surface area contributed by atoms with E-state index < -0.39 is 5.97 Å². The number of halogens is 1. The van der Waals surface area contributed by atoms with Crippen LogP contribution in [-0.2, 0) is 11.2 Å². The highest BCUT2D eigenvalue weighted by Crippen LogP contribution is 2.28. The lowest BCUT2D eigenvalue weighted by Gasteiger charge is -2.14. The van der Waals surface area contributed by atoms with Gasteiger partial charge in [0.1, 0.15) is 5.75 Å². The van der Waals surface area contributed by atoms with Crippen molar-refractivity contribution < 1.29 is 14.6 Å². The van der Waals surface area contributed by atoms with Crippen LogP contribution in [0.15, 0.2) is 12.1 Å². The fourth-order valence-corrected chi connectivity index (χ4v) is 1.71. The Morgan fingerprint density at radius 1 is 1.44 bits per heavy atom. The minimum Gasteiger partial charge on any atom is -0.493 e. The number of aliphatic carboxylic acids is 1. The van der Waals surface area contributed by atoms with Crippen LogP contribution >= 0.6 is 11.6 Å². The summed E-state index contributed by atoms with van der Waals surface area (Å²) in [5.74, 6) is 0.349. The van der Waals surface area contributed by atoms with E-state index in [-0.39, 0.29) is 6.42 Å². The van der Waals surface area contributed by atoms with Crippen LogP contribution in [0.1, 0.15) is 31.4 Å². The van der Waals surface area contributed by atoms with Gasteiger partial charge in [0, 0.05) is 11.4 Å². The van der Waals surface area contributed by atoms with Gasteiger partial charge in [-0.3, -0.25) is 4.79 Å². The monoisotopic (exact) mass is 270 g/mol. The van der Waals surface area contributed by atoms with E-state index in [0.717, 1.165) is 16.9 Å². The molecule has 0 aromatic heterocycles. The van der Waals surface area contributed by atoms with Gasteiger partial charge < -0.3 is 9.84 Å². The quantitative estimate of drug-likeness (QED) is 0.857. The fraction of sp³-hybridized carbons (Fsp3) is 0.500. The summed E-state index contributed by atoms with van der Waals surface area (Å²) >= 11 is 6.06. The number of hydrogen-bond acceptors (Lipinski definition) is 2. The summed E-state index contributed by atoms with van der Waals surface area (Å²) in [4.78, 5) is 10.6. The summed E-state index contributed by atoms with van der Waals surface area (Å²) in [6.45, 7) is 6.66. The first-order valence-electron chi connectivity index (χ1n) is 6.03. The lowest BCUT2D eigenvalue weighted by Crippen LogP contribution is -2.07. The summed E-state index contributed by atoms with van der Waals surface area (Å²) in [5, 5.41) is 9.38. The molecule has 4 heteroatoms. The van der Waals surface area contributed by atoms with Gasteiger partial charge in [-0.05, 0) is 42.5 Å². The van der Waals surface area contributed by atoms with Gasteiger partial charge in [-0.1, -0.05) is 25.4 Å². The maximum atomic E-state index is 10.6. The van der Waals surface area contributed by atoms with Crippen molar-refractivity contribution >= 4 is 17.6 Å². The van der Waals surface area contributed by atoms with Crippen molar-refractivity contribution in [1.29, 1.82) is 0 Å².